The van der Waals surface area contributed by atoms with E-state index in [1.54, 1.807) is 0 Å². The van der Waals surface area contributed by atoms with Gasteiger partial charge in [0.25, 0.3) is 0 Å². The van der Waals surface area contributed by atoms with E-state index in [4.69, 9.17) is 4.74 Å². The summed E-state index contributed by atoms with van der Waals surface area (Å²) < 4.78 is 5.74. The highest BCUT2D eigenvalue weighted by molar-refractivity contribution is 5.98. The second-order valence-electron chi connectivity index (χ2n) is 7.04. The number of ether oxygens (including phenoxy) is 1. The molecule has 1 N–H and O–H groups in total. The molecule has 126 valence electrons. The van der Waals surface area contributed by atoms with E-state index >= 15 is 0 Å². The van der Waals surface area contributed by atoms with Crippen LogP contribution in [0.4, 0.5) is 0 Å². The maximum Gasteiger partial charge on any atom is 0.163 e. The first-order valence-electron chi connectivity index (χ1n) is 8.81. The topological polar surface area (TPSA) is 49.8 Å². The number of fused-ring (bicyclic) bond motifs is 1. The molecule has 1 aromatic carbocycles. The fraction of sp³-hybridized carbons (Fsp3) is 0.632. The van der Waals surface area contributed by atoms with Crippen molar-refractivity contribution in [3.05, 3.63) is 29.3 Å². The summed E-state index contributed by atoms with van der Waals surface area (Å²) in [5.41, 5.74) is 1.92. The van der Waals surface area contributed by atoms with E-state index in [0.29, 0.717) is 19.6 Å². The zero-order valence-electron chi connectivity index (χ0n) is 14.0. The Morgan fingerprint density at radius 2 is 2.09 bits per heavy atom. The minimum absolute atomic E-state index is 0.233. The molecule has 4 heteroatoms. The van der Waals surface area contributed by atoms with Crippen molar-refractivity contribution in [1.29, 1.82) is 0 Å². The number of hydrogen-bond acceptors (Lipinski definition) is 4. The summed E-state index contributed by atoms with van der Waals surface area (Å²) in [6.07, 6.45) is 4.47. The van der Waals surface area contributed by atoms with Gasteiger partial charge in [-0.05, 0) is 68.5 Å². The molecule has 1 fully saturated rings. The van der Waals surface area contributed by atoms with Gasteiger partial charge in [0.05, 0.1) is 0 Å². The van der Waals surface area contributed by atoms with Crippen LogP contribution in [-0.4, -0.2) is 48.1 Å². The van der Waals surface area contributed by atoms with E-state index in [2.05, 4.69) is 11.8 Å². The number of nitrogens with zero attached hydrogens (tertiary/aromatic N) is 1. The zero-order chi connectivity index (χ0) is 16.2. The first-order chi connectivity index (χ1) is 11.1. The fourth-order valence-corrected chi connectivity index (χ4v) is 3.50. The summed E-state index contributed by atoms with van der Waals surface area (Å²) in [6.45, 7) is 5.41. The second kappa shape index (κ2) is 7.45. The van der Waals surface area contributed by atoms with E-state index in [9.17, 15) is 9.90 Å². The molecule has 1 aliphatic carbocycles. The van der Waals surface area contributed by atoms with E-state index in [1.807, 2.05) is 18.2 Å². The molecule has 23 heavy (non-hydrogen) atoms. The minimum atomic E-state index is -0.471. The largest absolute Gasteiger partial charge is 0.491 e. The van der Waals surface area contributed by atoms with E-state index < -0.39 is 6.10 Å². The Morgan fingerprint density at radius 3 is 2.87 bits per heavy atom. The van der Waals surface area contributed by atoms with Crippen LogP contribution in [-0.2, 0) is 6.42 Å². The van der Waals surface area contributed by atoms with Crippen LogP contribution in [0.25, 0.3) is 0 Å². The van der Waals surface area contributed by atoms with Gasteiger partial charge in [-0.3, -0.25) is 4.79 Å². The number of piperidine rings is 1. The van der Waals surface area contributed by atoms with Crippen LogP contribution in [0.3, 0.4) is 0 Å². The van der Waals surface area contributed by atoms with Crippen LogP contribution in [0.1, 0.15) is 48.5 Å². The highest BCUT2D eigenvalue weighted by Crippen LogP contribution is 2.25. The Labute approximate surface area is 138 Å². The van der Waals surface area contributed by atoms with Gasteiger partial charge in [-0.1, -0.05) is 6.92 Å². The predicted molar refractivity (Wildman–Crippen MR) is 90.1 cm³/mol. The lowest BCUT2D eigenvalue weighted by atomic mass is 9.90. The molecule has 1 aromatic rings. The Kier molecular flexibility index (Phi) is 5.34. The van der Waals surface area contributed by atoms with Gasteiger partial charge < -0.3 is 14.7 Å². The Morgan fingerprint density at radius 1 is 1.30 bits per heavy atom. The summed E-state index contributed by atoms with van der Waals surface area (Å²) >= 11 is 0. The number of β-amino-alcohol motifs (C(OH)–C–C–N with tert-alkyl or cyclic N) is 1. The van der Waals surface area contributed by atoms with Gasteiger partial charge in [0.15, 0.2) is 5.78 Å². The molecule has 1 atom stereocenters. The van der Waals surface area contributed by atoms with E-state index in [0.717, 1.165) is 48.7 Å². The summed E-state index contributed by atoms with van der Waals surface area (Å²) in [4.78, 5) is 14.1. The predicted octanol–water partition coefficient (Wildman–Crippen LogP) is 2.68. The molecule has 1 unspecified atom stereocenters. The lowest BCUT2D eigenvalue weighted by Gasteiger charge is -2.31. The molecule has 0 radical (unpaired) electrons. The normalized spacial score (nSPS) is 21.0. The van der Waals surface area contributed by atoms with Gasteiger partial charge in [-0.2, -0.15) is 0 Å². The molecular formula is C19H27NO3. The lowest BCUT2D eigenvalue weighted by Crippen LogP contribution is -2.40. The molecule has 0 bridgehead atoms. The summed E-state index contributed by atoms with van der Waals surface area (Å²) in [6, 6.07) is 5.67. The lowest BCUT2D eigenvalue weighted by molar-refractivity contribution is 0.0562. The maximum absolute atomic E-state index is 11.8. The number of likely N-dealkylation sites (tertiary alicyclic amines) is 1. The maximum atomic E-state index is 11.8. The molecule has 1 aliphatic heterocycles. The highest BCUT2D eigenvalue weighted by Gasteiger charge is 2.20. The Hall–Kier alpha value is -1.39. The number of hydrogen-bond donors (Lipinski definition) is 1. The highest BCUT2D eigenvalue weighted by atomic mass is 16.5. The number of rotatable bonds is 5. The van der Waals surface area contributed by atoms with Crippen molar-refractivity contribution >= 4 is 5.78 Å². The zero-order valence-corrected chi connectivity index (χ0v) is 14.0. The number of aryl methyl sites for hydroxylation is 1. The van der Waals surface area contributed by atoms with Gasteiger partial charge in [0, 0.05) is 18.5 Å². The third-order valence-electron chi connectivity index (χ3n) is 5.01. The van der Waals surface area contributed by atoms with Crippen molar-refractivity contribution in [2.24, 2.45) is 5.92 Å². The minimum Gasteiger partial charge on any atom is -0.491 e. The number of carbonyl (C=O) groups is 1. The Bertz CT molecular complexity index is 550. The third kappa shape index (κ3) is 4.33. The van der Waals surface area contributed by atoms with Gasteiger partial charge >= 0.3 is 0 Å². The number of aliphatic hydroxyl groups excluding tert-OH is 1. The van der Waals surface area contributed by atoms with Crippen molar-refractivity contribution in [2.45, 2.75) is 45.1 Å². The summed E-state index contributed by atoms with van der Waals surface area (Å²) in [7, 11) is 0. The molecule has 0 amide bonds. The molecule has 0 spiro atoms. The van der Waals surface area contributed by atoms with E-state index in [-0.39, 0.29) is 5.78 Å². The monoisotopic (exact) mass is 317 g/mol. The molecule has 0 aromatic heterocycles. The molecule has 2 aliphatic rings. The molecule has 3 rings (SSSR count). The number of Topliss-reactive ketones (excluding diaryl/α,β-unsaturated/α-hetero) is 1. The molecule has 1 saturated heterocycles. The van der Waals surface area contributed by atoms with Crippen molar-refractivity contribution in [3.63, 3.8) is 0 Å². The van der Waals surface area contributed by atoms with Crippen LogP contribution < -0.4 is 4.74 Å². The van der Waals surface area contributed by atoms with Gasteiger partial charge in [-0.25, -0.2) is 0 Å². The molecule has 4 nitrogen and oxygen atoms in total. The van der Waals surface area contributed by atoms with E-state index in [1.165, 1.54) is 12.8 Å². The second-order valence-corrected chi connectivity index (χ2v) is 7.04. The van der Waals surface area contributed by atoms with Crippen molar-refractivity contribution in [2.75, 3.05) is 26.2 Å². The average molecular weight is 317 g/mol. The standard InChI is InChI=1S/C19H27NO3/c1-14-7-9-20(10-8-14)12-16(21)13-23-17-5-6-18-15(11-17)3-2-4-19(18)22/h5-6,11,14,16,21H,2-4,7-10,12-13H2,1H3. The quantitative estimate of drug-likeness (QED) is 0.907. The number of ketones is 1. The van der Waals surface area contributed by atoms with Crippen molar-refractivity contribution < 1.29 is 14.6 Å². The third-order valence-corrected chi connectivity index (χ3v) is 5.01. The molecule has 1 heterocycles. The SMILES string of the molecule is CC1CCN(CC(O)COc2ccc3c(c2)CCCC3=O)CC1. The van der Waals surface area contributed by atoms with Crippen LogP contribution in [0.5, 0.6) is 5.75 Å². The number of benzene rings is 1. The first-order valence-corrected chi connectivity index (χ1v) is 8.81. The number of aliphatic hydroxyl groups is 1. The van der Waals surface area contributed by atoms with Crippen LogP contribution in [0, 0.1) is 5.92 Å². The van der Waals surface area contributed by atoms with Crippen LogP contribution in [0.15, 0.2) is 18.2 Å². The first kappa shape index (κ1) is 16.5. The van der Waals surface area contributed by atoms with Crippen LogP contribution >= 0.6 is 0 Å². The van der Waals surface area contributed by atoms with Gasteiger partial charge in [0.1, 0.15) is 18.5 Å². The summed E-state index contributed by atoms with van der Waals surface area (Å²) in [5.74, 6) is 1.79. The van der Waals surface area contributed by atoms with Gasteiger partial charge in [0.2, 0.25) is 0 Å². The molecule has 0 saturated carbocycles. The Balaban J connectivity index is 1.49. The summed E-state index contributed by atoms with van der Waals surface area (Å²) in [5, 5.41) is 10.2. The van der Waals surface area contributed by atoms with Crippen LogP contribution in [0.2, 0.25) is 0 Å². The van der Waals surface area contributed by atoms with Crippen molar-refractivity contribution in [1.82, 2.24) is 4.90 Å². The van der Waals surface area contributed by atoms with Crippen molar-refractivity contribution in [3.8, 4) is 5.75 Å². The number of carbonyl (C=O) groups excluding carboxylic acids is 1. The molecular weight excluding hydrogens is 290 g/mol. The smallest absolute Gasteiger partial charge is 0.163 e. The van der Waals surface area contributed by atoms with Gasteiger partial charge in [-0.15, -0.1) is 0 Å². The fourth-order valence-electron chi connectivity index (χ4n) is 3.50. The average Bonchev–Trinajstić information content (AvgIpc) is 2.55.